The van der Waals surface area contributed by atoms with E-state index in [2.05, 4.69) is 12.1 Å². The zero-order valence-corrected chi connectivity index (χ0v) is 18.0. The van der Waals surface area contributed by atoms with Crippen LogP contribution in [0.4, 0.5) is 0 Å². The molecule has 5 rings (SSSR count). The van der Waals surface area contributed by atoms with Crippen molar-refractivity contribution in [1.82, 2.24) is 4.57 Å². The van der Waals surface area contributed by atoms with Gasteiger partial charge in [0.05, 0.1) is 16.6 Å². The predicted molar refractivity (Wildman–Crippen MR) is 119 cm³/mol. The van der Waals surface area contributed by atoms with Crippen LogP contribution in [0, 0.1) is 11.8 Å². The van der Waals surface area contributed by atoms with Crippen LogP contribution in [0.2, 0.25) is 5.02 Å². The minimum Gasteiger partial charge on any atom is -0.491 e. The van der Waals surface area contributed by atoms with Crippen molar-refractivity contribution in [2.24, 2.45) is 11.8 Å². The van der Waals surface area contributed by atoms with Crippen LogP contribution in [0.1, 0.15) is 61.5 Å². The van der Waals surface area contributed by atoms with Gasteiger partial charge in [-0.2, -0.15) is 0 Å². The predicted octanol–water partition coefficient (Wildman–Crippen LogP) is 6.67. The Morgan fingerprint density at radius 3 is 2.50 bits per heavy atom. The molecule has 1 heterocycles. The summed E-state index contributed by atoms with van der Waals surface area (Å²) in [7, 11) is 0. The number of carboxylic acids is 1. The summed E-state index contributed by atoms with van der Waals surface area (Å²) < 4.78 is 7.51. The van der Waals surface area contributed by atoms with Crippen LogP contribution in [0.25, 0.3) is 16.6 Å². The van der Waals surface area contributed by atoms with Crippen molar-refractivity contribution >= 4 is 28.5 Å². The summed E-state index contributed by atoms with van der Waals surface area (Å²) in [6, 6.07) is 13.8. The lowest BCUT2D eigenvalue weighted by molar-refractivity contribution is 0.0689. The highest BCUT2D eigenvalue weighted by molar-refractivity contribution is 6.38. The second-order valence-electron chi connectivity index (χ2n) is 9.02. The molecule has 2 aromatic carbocycles. The maximum absolute atomic E-state index is 12.1. The zero-order chi connectivity index (χ0) is 21.0. The van der Waals surface area contributed by atoms with Crippen LogP contribution in [-0.2, 0) is 0 Å². The Morgan fingerprint density at radius 1 is 1.13 bits per heavy atom. The summed E-state index contributed by atoms with van der Waals surface area (Å²) >= 11 is 6.56. The number of aromatic nitrogens is 1. The van der Waals surface area contributed by atoms with Crippen molar-refractivity contribution in [3.05, 3.63) is 58.7 Å². The van der Waals surface area contributed by atoms with Gasteiger partial charge in [-0.15, -0.1) is 0 Å². The molecule has 30 heavy (non-hydrogen) atoms. The number of hydrogen-bond acceptors (Lipinski definition) is 2. The molecule has 4 nitrogen and oxygen atoms in total. The maximum atomic E-state index is 12.1. The first-order valence-corrected chi connectivity index (χ1v) is 11.1. The van der Waals surface area contributed by atoms with Crippen molar-refractivity contribution in [2.75, 3.05) is 0 Å². The van der Waals surface area contributed by atoms with E-state index in [9.17, 15) is 9.90 Å². The van der Waals surface area contributed by atoms with E-state index >= 15 is 0 Å². The molecule has 2 aliphatic carbocycles. The van der Waals surface area contributed by atoms with E-state index in [0.717, 1.165) is 34.2 Å². The van der Waals surface area contributed by atoms with E-state index in [-0.39, 0.29) is 11.8 Å². The summed E-state index contributed by atoms with van der Waals surface area (Å²) in [5, 5.41) is 11.0. The number of aromatic carboxylic acids is 1. The van der Waals surface area contributed by atoms with Crippen LogP contribution < -0.4 is 4.74 Å². The minimum atomic E-state index is -1.03. The number of ether oxygens (including phenoxy) is 1. The third-order valence-corrected chi connectivity index (χ3v) is 7.15. The highest BCUT2D eigenvalue weighted by Gasteiger charge is 2.40. The summed E-state index contributed by atoms with van der Waals surface area (Å²) in [6.07, 6.45) is 5.34. The Morgan fingerprint density at radius 2 is 1.90 bits per heavy atom. The number of hydrogen-bond donors (Lipinski definition) is 1. The molecule has 0 radical (unpaired) electrons. The molecule has 5 heteroatoms. The fourth-order valence-electron chi connectivity index (χ4n) is 5.55. The molecule has 2 fully saturated rings. The number of nitrogens with zero attached hydrogens (tertiary/aromatic N) is 1. The largest absolute Gasteiger partial charge is 0.491 e. The maximum Gasteiger partial charge on any atom is 0.354 e. The standard InChI is InChI=1S/C25H26ClNO3/c1-14(2)30-19-8-6-18(7-9-19)27-22-13-17(21-12-15-3-4-16(21)11-15)5-10-20(22)23(26)24(27)25(28)29/h5-10,13-16,21H,3-4,11-12H2,1-2H3,(H,28,29). The Hall–Kier alpha value is -2.46. The molecule has 1 N–H and O–H groups in total. The van der Waals surface area contributed by atoms with Crippen molar-refractivity contribution in [3.8, 4) is 11.4 Å². The van der Waals surface area contributed by atoms with Crippen molar-refractivity contribution in [1.29, 1.82) is 0 Å². The minimum absolute atomic E-state index is 0.0802. The lowest BCUT2D eigenvalue weighted by Crippen LogP contribution is -2.09. The summed E-state index contributed by atoms with van der Waals surface area (Å²) in [5.41, 5.74) is 3.04. The molecule has 0 aliphatic heterocycles. The van der Waals surface area contributed by atoms with Gasteiger partial charge in [-0.1, -0.05) is 30.2 Å². The van der Waals surface area contributed by atoms with E-state index in [1.807, 2.05) is 44.2 Å². The number of rotatable bonds is 5. The number of benzene rings is 2. The van der Waals surface area contributed by atoms with Gasteiger partial charge in [-0.3, -0.25) is 0 Å². The molecule has 0 saturated heterocycles. The molecule has 3 unspecified atom stereocenters. The molecule has 2 bridgehead atoms. The van der Waals surface area contributed by atoms with Gasteiger partial charge in [0.1, 0.15) is 5.75 Å². The van der Waals surface area contributed by atoms with E-state index in [1.165, 1.54) is 31.2 Å². The fraction of sp³-hybridized carbons (Fsp3) is 0.400. The molecule has 0 spiro atoms. The topological polar surface area (TPSA) is 51.5 Å². The number of fused-ring (bicyclic) bond motifs is 3. The highest BCUT2D eigenvalue weighted by atomic mass is 35.5. The zero-order valence-electron chi connectivity index (χ0n) is 17.3. The molecule has 3 atom stereocenters. The molecular formula is C25H26ClNO3. The summed E-state index contributed by atoms with van der Waals surface area (Å²) in [6.45, 7) is 3.96. The summed E-state index contributed by atoms with van der Waals surface area (Å²) in [4.78, 5) is 12.1. The van der Waals surface area contributed by atoms with Crippen molar-refractivity contribution < 1.29 is 14.6 Å². The molecule has 3 aromatic rings. The Balaban J connectivity index is 1.64. The third kappa shape index (κ3) is 3.18. The van der Waals surface area contributed by atoms with Crippen LogP contribution >= 0.6 is 11.6 Å². The first-order valence-electron chi connectivity index (χ1n) is 10.8. The van der Waals surface area contributed by atoms with Gasteiger partial charge in [-0.25, -0.2) is 4.79 Å². The van der Waals surface area contributed by atoms with Crippen LogP contribution in [-0.4, -0.2) is 21.7 Å². The Labute approximate surface area is 181 Å². The molecule has 2 aliphatic rings. The molecule has 156 valence electrons. The van der Waals surface area contributed by atoms with Crippen LogP contribution in [0.5, 0.6) is 5.75 Å². The van der Waals surface area contributed by atoms with Crippen molar-refractivity contribution in [2.45, 2.75) is 51.6 Å². The number of carboxylic acid groups (broad SMARTS) is 1. The van der Waals surface area contributed by atoms with Gasteiger partial charge < -0.3 is 14.4 Å². The van der Waals surface area contributed by atoms with Crippen molar-refractivity contribution in [3.63, 3.8) is 0 Å². The Bertz CT molecular complexity index is 1120. The van der Waals surface area contributed by atoms with Crippen LogP contribution in [0.15, 0.2) is 42.5 Å². The fourth-order valence-corrected chi connectivity index (χ4v) is 5.88. The second kappa shape index (κ2) is 7.35. The van der Waals surface area contributed by atoms with E-state index < -0.39 is 5.97 Å². The SMILES string of the molecule is CC(C)Oc1ccc(-n2c(C(=O)O)c(Cl)c3ccc(C4CC5CCC4C5)cc32)cc1. The molecule has 0 amide bonds. The normalized spacial score (nSPS) is 22.9. The smallest absolute Gasteiger partial charge is 0.354 e. The van der Waals surface area contributed by atoms with Crippen LogP contribution in [0.3, 0.4) is 0 Å². The lowest BCUT2D eigenvalue weighted by Gasteiger charge is -2.22. The van der Waals surface area contributed by atoms with Gasteiger partial charge in [-0.05, 0) is 86.8 Å². The average Bonchev–Trinajstić information content (AvgIpc) is 3.41. The highest BCUT2D eigenvalue weighted by Crippen LogP contribution is 2.53. The number of carbonyl (C=O) groups is 1. The molecular weight excluding hydrogens is 398 g/mol. The molecule has 2 saturated carbocycles. The Kier molecular flexibility index (Phi) is 4.78. The van der Waals surface area contributed by atoms with Gasteiger partial charge in [0.15, 0.2) is 5.69 Å². The van der Waals surface area contributed by atoms with Gasteiger partial charge in [0.25, 0.3) is 0 Å². The monoisotopic (exact) mass is 423 g/mol. The first-order chi connectivity index (χ1) is 14.4. The number of halogens is 1. The first kappa shape index (κ1) is 19.5. The second-order valence-corrected chi connectivity index (χ2v) is 9.40. The quantitative estimate of drug-likeness (QED) is 0.498. The van der Waals surface area contributed by atoms with E-state index in [4.69, 9.17) is 16.3 Å². The van der Waals surface area contributed by atoms with E-state index in [1.54, 1.807) is 4.57 Å². The lowest BCUT2D eigenvalue weighted by atomic mass is 9.83. The third-order valence-electron chi connectivity index (χ3n) is 6.77. The van der Waals surface area contributed by atoms with Gasteiger partial charge in [0.2, 0.25) is 0 Å². The van der Waals surface area contributed by atoms with Gasteiger partial charge in [0, 0.05) is 11.1 Å². The van der Waals surface area contributed by atoms with Gasteiger partial charge >= 0.3 is 5.97 Å². The molecule has 1 aromatic heterocycles. The summed E-state index contributed by atoms with van der Waals surface area (Å²) in [5.74, 6) is 1.92. The van der Waals surface area contributed by atoms with E-state index in [0.29, 0.717) is 10.9 Å². The average molecular weight is 424 g/mol.